The molecule has 1 amide bonds. The summed E-state index contributed by atoms with van der Waals surface area (Å²) in [5, 5.41) is 15.6. The van der Waals surface area contributed by atoms with Crippen LogP contribution in [0, 0.1) is 11.3 Å². The summed E-state index contributed by atoms with van der Waals surface area (Å²) in [5.74, 6) is -0.142. The summed E-state index contributed by atoms with van der Waals surface area (Å²) in [6.45, 7) is 4.95. The van der Waals surface area contributed by atoms with E-state index in [4.69, 9.17) is 10.00 Å². The minimum Gasteiger partial charge on any atom is -0.660 e. The van der Waals surface area contributed by atoms with Crippen molar-refractivity contribution >= 4 is 17.8 Å². The monoisotopic (exact) mass is 498 g/mol. The molecular formula is C17H20N3O3W-. The normalized spacial score (nSPS) is 11.7. The van der Waals surface area contributed by atoms with E-state index >= 15 is 0 Å². The van der Waals surface area contributed by atoms with E-state index in [0.29, 0.717) is 23.5 Å². The van der Waals surface area contributed by atoms with Crippen LogP contribution in [-0.2, 0) is 30.7 Å². The molecule has 1 N–H and O–H groups in total. The van der Waals surface area contributed by atoms with Gasteiger partial charge in [-0.1, -0.05) is 6.92 Å². The molecule has 0 saturated heterocycles. The molecule has 0 bridgehead atoms. The molecule has 128 valence electrons. The summed E-state index contributed by atoms with van der Waals surface area (Å²) >= 11 is 0. The third kappa shape index (κ3) is 7.08. The summed E-state index contributed by atoms with van der Waals surface area (Å²) in [6, 6.07) is 6.94. The van der Waals surface area contributed by atoms with Gasteiger partial charge in [0.05, 0.1) is 23.9 Å². The topological polar surface area (TPSA) is 93.3 Å². The maximum absolute atomic E-state index is 11.6. The minimum atomic E-state index is -0.332. The van der Waals surface area contributed by atoms with Crippen LogP contribution in [0.5, 0.6) is 5.75 Å². The van der Waals surface area contributed by atoms with Crippen molar-refractivity contribution in [1.82, 2.24) is 5.32 Å². The summed E-state index contributed by atoms with van der Waals surface area (Å²) < 4.78 is 5.70. The molecule has 1 aromatic rings. The summed E-state index contributed by atoms with van der Waals surface area (Å²) in [4.78, 5) is 22.8. The first-order chi connectivity index (χ1) is 10.9. The third-order valence-corrected chi connectivity index (χ3v) is 3.05. The summed E-state index contributed by atoms with van der Waals surface area (Å²) in [5.41, 5.74) is 1.22. The van der Waals surface area contributed by atoms with Crippen LogP contribution in [0.1, 0.15) is 31.9 Å². The van der Waals surface area contributed by atoms with Gasteiger partial charge in [-0.2, -0.15) is 12.3 Å². The standard InChI is InChI=1S/C17H20N3O3.W/c1-11(19-4)10-23-17-7-14(9-18)5-6-15(17)8-16(12(2)21)20-13(3)22;/h5-8,11H,10H2,1-4H3,(H,20,22);/q-1;/b16-8-;. The predicted molar refractivity (Wildman–Crippen MR) is 87.9 cm³/mol. The van der Waals surface area contributed by atoms with Crippen LogP contribution in [-0.4, -0.2) is 31.4 Å². The molecule has 6 nitrogen and oxygen atoms in total. The number of ketones is 1. The number of nitriles is 1. The second-order valence-corrected chi connectivity index (χ2v) is 5.08. The van der Waals surface area contributed by atoms with Crippen LogP contribution < -0.4 is 10.1 Å². The van der Waals surface area contributed by atoms with E-state index in [-0.39, 0.29) is 44.5 Å². The van der Waals surface area contributed by atoms with E-state index in [0.717, 1.165) is 0 Å². The molecule has 0 radical (unpaired) electrons. The van der Waals surface area contributed by atoms with Gasteiger partial charge in [0.2, 0.25) is 5.91 Å². The molecule has 0 aliphatic rings. The zero-order chi connectivity index (χ0) is 17.4. The first-order valence-electron chi connectivity index (χ1n) is 7.13. The van der Waals surface area contributed by atoms with Crippen LogP contribution >= 0.6 is 0 Å². The Morgan fingerprint density at radius 3 is 2.58 bits per heavy atom. The van der Waals surface area contributed by atoms with Gasteiger partial charge in [0.15, 0.2) is 5.78 Å². The summed E-state index contributed by atoms with van der Waals surface area (Å²) in [6.07, 6.45) is 1.54. The van der Waals surface area contributed by atoms with Gasteiger partial charge in [-0.05, 0) is 24.3 Å². The first kappa shape index (κ1) is 22.0. The van der Waals surface area contributed by atoms with E-state index < -0.39 is 0 Å². The Morgan fingerprint density at radius 1 is 1.42 bits per heavy atom. The largest absolute Gasteiger partial charge is 0.660 e. The molecule has 1 atom stereocenters. The number of nitrogens with one attached hydrogen (secondary N) is 1. The molecule has 0 saturated carbocycles. The number of allylic oxidation sites excluding steroid dienone is 1. The number of hydrogen-bond acceptors (Lipinski definition) is 4. The molecule has 0 heterocycles. The van der Waals surface area contributed by atoms with E-state index in [1.807, 2.05) is 13.0 Å². The van der Waals surface area contributed by atoms with Crippen molar-refractivity contribution < 1.29 is 35.4 Å². The summed E-state index contributed by atoms with van der Waals surface area (Å²) in [7, 11) is 1.70. The van der Waals surface area contributed by atoms with Gasteiger partial charge in [0.1, 0.15) is 5.75 Å². The van der Waals surface area contributed by atoms with Crippen molar-refractivity contribution in [3.8, 4) is 11.8 Å². The molecule has 0 spiro atoms. The van der Waals surface area contributed by atoms with Gasteiger partial charge < -0.3 is 15.4 Å². The van der Waals surface area contributed by atoms with Crippen LogP contribution in [0.3, 0.4) is 0 Å². The quantitative estimate of drug-likeness (QED) is 0.585. The van der Waals surface area contributed by atoms with E-state index in [2.05, 4.69) is 10.6 Å². The molecule has 0 aliphatic heterocycles. The van der Waals surface area contributed by atoms with Crippen molar-refractivity contribution in [3.05, 3.63) is 40.3 Å². The van der Waals surface area contributed by atoms with Crippen LogP contribution in [0.25, 0.3) is 11.4 Å². The number of Topliss-reactive ketones (excluding diaryl/α,β-unsaturated/α-hetero) is 1. The van der Waals surface area contributed by atoms with Crippen LogP contribution in [0.15, 0.2) is 23.9 Å². The molecule has 1 unspecified atom stereocenters. The third-order valence-electron chi connectivity index (χ3n) is 3.05. The Bertz CT molecular complexity index is 666. The number of benzene rings is 1. The van der Waals surface area contributed by atoms with Gasteiger partial charge in [-0.15, -0.1) is 6.04 Å². The maximum Gasteiger partial charge on any atom is 0.221 e. The zero-order valence-electron chi connectivity index (χ0n) is 14.1. The number of carbonyl (C=O) groups excluding carboxylic acids is 2. The average molecular weight is 498 g/mol. The van der Waals surface area contributed by atoms with Gasteiger partial charge in [0.25, 0.3) is 0 Å². The second kappa shape index (κ2) is 10.7. The fourth-order valence-electron chi connectivity index (χ4n) is 1.70. The van der Waals surface area contributed by atoms with Crippen molar-refractivity contribution in [2.75, 3.05) is 13.7 Å². The first-order valence-corrected chi connectivity index (χ1v) is 7.13. The molecule has 0 fully saturated rings. The van der Waals surface area contributed by atoms with Crippen molar-refractivity contribution in [3.63, 3.8) is 0 Å². The number of amides is 1. The fraction of sp³-hybridized carbons (Fsp3) is 0.353. The number of nitrogens with zero attached hydrogens (tertiary/aromatic N) is 2. The maximum atomic E-state index is 11.6. The van der Waals surface area contributed by atoms with Gasteiger partial charge >= 0.3 is 0 Å². The fourth-order valence-corrected chi connectivity index (χ4v) is 1.70. The van der Waals surface area contributed by atoms with Crippen molar-refractivity contribution in [1.29, 1.82) is 5.26 Å². The molecule has 24 heavy (non-hydrogen) atoms. The van der Waals surface area contributed by atoms with Crippen molar-refractivity contribution in [2.24, 2.45) is 0 Å². The number of hydrogen-bond donors (Lipinski definition) is 1. The van der Waals surface area contributed by atoms with Gasteiger partial charge in [0, 0.05) is 40.5 Å². The smallest absolute Gasteiger partial charge is 0.221 e. The van der Waals surface area contributed by atoms with Crippen molar-refractivity contribution in [2.45, 2.75) is 26.8 Å². The number of likely N-dealkylation sites (N-methyl/N-ethyl adjacent to an activating group) is 1. The Kier molecular flexibility index (Phi) is 9.87. The number of carbonyl (C=O) groups is 2. The Labute approximate surface area is 156 Å². The molecule has 7 heteroatoms. The minimum absolute atomic E-state index is 0. The van der Waals surface area contributed by atoms with Gasteiger partial charge in [-0.3, -0.25) is 9.59 Å². The Morgan fingerprint density at radius 2 is 2.08 bits per heavy atom. The SMILES string of the molecule is C[N-]C(C)COc1cc(C#N)ccc1/C=C(\NC(C)=O)C(C)=O.[W]. The molecule has 0 aromatic heterocycles. The van der Waals surface area contributed by atoms with E-state index in [1.165, 1.54) is 19.9 Å². The Hall–Kier alpha value is -1.96. The second-order valence-electron chi connectivity index (χ2n) is 5.08. The molecule has 0 aliphatic carbocycles. The molecule has 1 rings (SSSR count). The van der Waals surface area contributed by atoms with Gasteiger partial charge in [-0.25, -0.2) is 0 Å². The van der Waals surface area contributed by atoms with Crippen LogP contribution in [0.4, 0.5) is 0 Å². The van der Waals surface area contributed by atoms with E-state index in [9.17, 15) is 9.59 Å². The molecular weight excluding hydrogens is 478 g/mol. The Balaban J connectivity index is 0.00000529. The number of rotatable bonds is 7. The number of ether oxygens (including phenoxy) is 1. The molecule has 1 aromatic carbocycles. The predicted octanol–water partition coefficient (Wildman–Crippen LogP) is 2.39. The zero-order valence-corrected chi connectivity index (χ0v) is 17.1. The van der Waals surface area contributed by atoms with Crippen LogP contribution in [0.2, 0.25) is 0 Å². The van der Waals surface area contributed by atoms with E-state index in [1.54, 1.807) is 25.2 Å². The average Bonchev–Trinajstić information content (AvgIpc) is 2.52.